The lowest BCUT2D eigenvalue weighted by Crippen LogP contribution is -2.48. The maximum Gasteiger partial charge on any atom is 0.243 e. The van der Waals surface area contributed by atoms with Gasteiger partial charge < -0.3 is 4.90 Å². The molecular formula is C21H21BrN4O2S. The number of halogens is 1. The Kier molecular flexibility index (Phi) is 5.67. The minimum absolute atomic E-state index is 0.317. The third-order valence-corrected chi connectivity index (χ3v) is 7.46. The van der Waals surface area contributed by atoms with Crippen LogP contribution in [0.25, 0.3) is 11.3 Å². The Bertz CT molecular complexity index is 1090. The zero-order valence-electron chi connectivity index (χ0n) is 16.0. The lowest BCUT2D eigenvalue weighted by Gasteiger charge is -2.34. The third-order valence-electron chi connectivity index (χ3n) is 5.01. The summed E-state index contributed by atoms with van der Waals surface area (Å²) in [5.74, 6) is 0.816. The zero-order chi connectivity index (χ0) is 20.4. The van der Waals surface area contributed by atoms with Crippen LogP contribution in [-0.2, 0) is 10.0 Å². The second-order valence-corrected chi connectivity index (χ2v) is 9.83. The molecule has 1 fully saturated rings. The van der Waals surface area contributed by atoms with Gasteiger partial charge in [0.25, 0.3) is 0 Å². The van der Waals surface area contributed by atoms with Crippen molar-refractivity contribution in [2.24, 2.45) is 0 Å². The van der Waals surface area contributed by atoms with Crippen LogP contribution in [0.5, 0.6) is 0 Å². The number of aromatic nitrogens is 2. The van der Waals surface area contributed by atoms with Crippen LogP contribution in [0.4, 0.5) is 5.82 Å². The number of nitrogens with zero attached hydrogens (tertiary/aromatic N) is 4. The number of rotatable bonds is 4. The van der Waals surface area contributed by atoms with Gasteiger partial charge in [-0.15, -0.1) is 0 Å². The number of sulfonamides is 1. The average Bonchev–Trinajstić information content (AvgIpc) is 2.75. The van der Waals surface area contributed by atoms with Crippen LogP contribution in [0.3, 0.4) is 0 Å². The van der Waals surface area contributed by atoms with Gasteiger partial charge in [-0.2, -0.15) is 4.31 Å². The number of hydrogen-bond donors (Lipinski definition) is 0. The second kappa shape index (κ2) is 8.22. The van der Waals surface area contributed by atoms with Crippen LogP contribution < -0.4 is 4.90 Å². The number of benzene rings is 2. The highest BCUT2D eigenvalue weighted by molar-refractivity contribution is 9.10. The average molecular weight is 473 g/mol. The summed E-state index contributed by atoms with van der Waals surface area (Å²) in [5.41, 5.74) is 3.10. The SMILES string of the molecule is Cc1ccc(-c2cc(N3CCN(S(=O)(=O)c4ccc(Br)cc4)CC3)ncn2)cc1. The smallest absolute Gasteiger partial charge is 0.243 e. The van der Waals surface area contributed by atoms with Crippen LogP contribution in [0.2, 0.25) is 0 Å². The van der Waals surface area contributed by atoms with Gasteiger partial charge in [-0.1, -0.05) is 45.8 Å². The molecule has 0 bridgehead atoms. The third kappa shape index (κ3) is 4.34. The first-order chi connectivity index (χ1) is 13.9. The highest BCUT2D eigenvalue weighted by atomic mass is 79.9. The number of anilines is 1. The molecule has 8 heteroatoms. The van der Waals surface area contributed by atoms with E-state index in [-0.39, 0.29) is 0 Å². The Morgan fingerprint density at radius 2 is 1.55 bits per heavy atom. The summed E-state index contributed by atoms with van der Waals surface area (Å²) in [6.07, 6.45) is 1.56. The Balaban J connectivity index is 1.48. The van der Waals surface area contributed by atoms with E-state index in [2.05, 4.69) is 49.9 Å². The number of hydrogen-bond acceptors (Lipinski definition) is 5. The topological polar surface area (TPSA) is 66.4 Å². The fourth-order valence-electron chi connectivity index (χ4n) is 3.32. The predicted octanol–water partition coefficient (Wildman–Crippen LogP) is 3.73. The van der Waals surface area contributed by atoms with E-state index in [0.717, 1.165) is 21.5 Å². The van der Waals surface area contributed by atoms with E-state index in [1.807, 2.05) is 18.2 Å². The largest absolute Gasteiger partial charge is 0.354 e. The molecule has 1 aromatic heterocycles. The van der Waals surface area contributed by atoms with E-state index in [4.69, 9.17) is 0 Å². The summed E-state index contributed by atoms with van der Waals surface area (Å²) in [5, 5.41) is 0. The fraction of sp³-hybridized carbons (Fsp3) is 0.238. The lowest BCUT2D eigenvalue weighted by atomic mass is 10.1. The van der Waals surface area contributed by atoms with E-state index < -0.39 is 10.0 Å². The summed E-state index contributed by atoms with van der Waals surface area (Å²) in [6, 6.07) is 16.9. The summed E-state index contributed by atoms with van der Waals surface area (Å²) in [4.78, 5) is 11.2. The Hall–Kier alpha value is -2.29. The molecule has 0 amide bonds. The highest BCUT2D eigenvalue weighted by Gasteiger charge is 2.29. The van der Waals surface area contributed by atoms with Gasteiger partial charge in [0.2, 0.25) is 10.0 Å². The number of aryl methyl sites for hydroxylation is 1. The van der Waals surface area contributed by atoms with Gasteiger partial charge in [-0.25, -0.2) is 18.4 Å². The van der Waals surface area contributed by atoms with Crippen molar-refractivity contribution >= 4 is 31.8 Å². The molecular weight excluding hydrogens is 452 g/mol. The van der Waals surface area contributed by atoms with Crippen molar-refractivity contribution in [3.8, 4) is 11.3 Å². The van der Waals surface area contributed by atoms with Crippen molar-refractivity contribution in [3.63, 3.8) is 0 Å². The molecule has 0 unspecified atom stereocenters. The van der Waals surface area contributed by atoms with E-state index in [1.54, 1.807) is 30.6 Å². The molecule has 6 nitrogen and oxygen atoms in total. The molecule has 29 heavy (non-hydrogen) atoms. The van der Waals surface area contributed by atoms with Gasteiger partial charge >= 0.3 is 0 Å². The molecule has 4 rings (SSSR count). The monoisotopic (exact) mass is 472 g/mol. The second-order valence-electron chi connectivity index (χ2n) is 6.97. The summed E-state index contributed by atoms with van der Waals surface area (Å²) in [6.45, 7) is 4.06. The van der Waals surface area contributed by atoms with Crippen molar-refractivity contribution in [1.29, 1.82) is 0 Å². The Labute approximate surface area is 179 Å². The quantitative estimate of drug-likeness (QED) is 0.578. The Morgan fingerprint density at radius 3 is 2.21 bits per heavy atom. The first kappa shape index (κ1) is 20.0. The minimum Gasteiger partial charge on any atom is -0.354 e. The van der Waals surface area contributed by atoms with E-state index >= 15 is 0 Å². The predicted molar refractivity (Wildman–Crippen MR) is 117 cm³/mol. The van der Waals surface area contributed by atoms with E-state index in [9.17, 15) is 8.42 Å². The van der Waals surface area contributed by atoms with Crippen LogP contribution in [0, 0.1) is 6.92 Å². The molecule has 3 aromatic rings. The molecule has 2 aromatic carbocycles. The normalized spacial score (nSPS) is 15.4. The maximum atomic E-state index is 12.9. The molecule has 0 saturated carbocycles. The summed E-state index contributed by atoms with van der Waals surface area (Å²) in [7, 11) is -3.49. The maximum absolute atomic E-state index is 12.9. The number of piperazine rings is 1. The molecule has 0 aliphatic carbocycles. The lowest BCUT2D eigenvalue weighted by molar-refractivity contribution is 0.384. The van der Waals surface area contributed by atoms with Crippen molar-refractivity contribution in [1.82, 2.24) is 14.3 Å². The van der Waals surface area contributed by atoms with Crippen molar-refractivity contribution in [3.05, 3.63) is 71.0 Å². The zero-order valence-corrected chi connectivity index (χ0v) is 18.4. The van der Waals surface area contributed by atoms with Crippen LogP contribution in [0.1, 0.15) is 5.56 Å². The Morgan fingerprint density at radius 1 is 0.897 bits per heavy atom. The van der Waals surface area contributed by atoms with Gasteiger partial charge in [-0.05, 0) is 31.2 Å². The van der Waals surface area contributed by atoms with E-state index in [1.165, 1.54) is 9.87 Å². The molecule has 1 aliphatic heterocycles. The van der Waals surface area contributed by atoms with Gasteiger partial charge in [0.15, 0.2) is 0 Å². The van der Waals surface area contributed by atoms with Gasteiger partial charge in [0.1, 0.15) is 12.1 Å². The fourth-order valence-corrected chi connectivity index (χ4v) is 5.00. The van der Waals surface area contributed by atoms with Crippen LogP contribution >= 0.6 is 15.9 Å². The van der Waals surface area contributed by atoms with Crippen molar-refractivity contribution < 1.29 is 8.42 Å². The molecule has 0 atom stereocenters. The molecule has 150 valence electrons. The first-order valence-electron chi connectivity index (χ1n) is 9.33. The molecule has 1 aliphatic rings. The van der Waals surface area contributed by atoms with E-state index in [0.29, 0.717) is 31.1 Å². The van der Waals surface area contributed by atoms with Crippen molar-refractivity contribution in [2.75, 3.05) is 31.1 Å². The van der Waals surface area contributed by atoms with Crippen molar-refractivity contribution in [2.45, 2.75) is 11.8 Å². The van der Waals surface area contributed by atoms with Gasteiger partial charge in [-0.3, -0.25) is 0 Å². The first-order valence-corrected chi connectivity index (χ1v) is 11.6. The molecule has 0 N–H and O–H groups in total. The van der Waals surface area contributed by atoms with Crippen LogP contribution in [0.15, 0.2) is 70.3 Å². The summed E-state index contributed by atoms with van der Waals surface area (Å²) < 4.78 is 28.1. The minimum atomic E-state index is -3.49. The van der Waals surface area contributed by atoms with Gasteiger partial charge in [0, 0.05) is 42.3 Å². The molecule has 1 saturated heterocycles. The molecule has 2 heterocycles. The summed E-state index contributed by atoms with van der Waals surface area (Å²) >= 11 is 3.34. The molecule has 0 spiro atoms. The van der Waals surface area contributed by atoms with Crippen LogP contribution in [-0.4, -0.2) is 48.9 Å². The standard InChI is InChI=1S/C21H21BrN4O2S/c1-16-2-4-17(5-3-16)20-14-21(24-15-23-20)25-10-12-26(13-11-25)29(27,28)19-8-6-18(22)7-9-19/h2-9,14-15H,10-13H2,1H3. The molecule has 0 radical (unpaired) electrons. The highest BCUT2D eigenvalue weighted by Crippen LogP contribution is 2.24. The van der Waals surface area contributed by atoms with Gasteiger partial charge in [0.05, 0.1) is 10.6 Å².